The van der Waals surface area contributed by atoms with E-state index >= 15 is 0 Å². The molecule has 2 aromatic carbocycles. The lowest BCUT2D eigenvalue weighted by Crippen LogP contribution is -2.46. The van der Waals surface area contributed by atoms with Crippen molar-refractivity contribution in [1.82, 2.24) is 5.32 Å². The molecule has 0 heterocycles. The summed E-state index contributed by atoms with van der Waals surface area (Å²) in [6, 6.07) is 12.7. The molecule has 0 aliphatic heterocycles. The second kappa shape index (κ2) is 9.53. The van der Waals surface area contributed by atoms with Gasteiger partial charge in [-0.25, -0.2) is 4.39 Å². The average Bonchev–Trinajstić information content (AvgIpc) is 2.60. The standard InChI is InChI=1S/C20H25FINO3/c1-20(2,11-14-7-9-16(25-3)10-8-14)23-12-15(24)13-26-19-17(21)5-4-6-18(19)22/h4-10,15,23-24H,11-13H2,1-3H3. The van der Waals surface area contributed by atoms with Crippen molar-refractivity contribution in [2.45, 2.75) is 31.9 Å². The van der Waals surface area contributed by atoms with Gasteiger partial charge in [0.15, 0.2) is 11.6 Å². The lowest BCUT2D eigenvalue weighted by molar-refractivity contribution is 0.0963. The van der Waals surface area contributed by atoms with Crippen molar-refractivity contribution < 1.29 is 19.0 Å². The van der Waals surface area contributed by atoms with Crippen LogP contribution in [-0.2, 0) is 6.42 Å². The molecule has 142 valence electrons. The fraction of sp³-hybridized carbons (Fsp3) is 0.400. The molecule has 0 saturated heterocycles. The molecular formula is C20H25FINO3. The third-order valence-corrected chi connectivity index (χ3v) is 4.81. The van der Waals surface area contributed by atoms with Crippen LogP contribution in [0.2, 0.25) is 0 Å². The normalized spacial score (nSPS) is 12.7. The topological polar surface area (TPSA) is 50.7 Å². The zero-order chi connectivity index (χ0) is 19.2. The van der Waals surface area contributed by atoms with Gasteiger partial charge in [0.05, 0.1) is 10.7 Å². The van der Waals surface area contributed by atoms with Gasteiger partial charge in [-0.05, 0) is 72.7 Å². The summed E-state index contributed by atoms with van der Waals surface area (Å²) in [4.78, 5) is 0. The van der Waals surface area contributed by atoms with Gasteiger partial charge in [-0.2, -0.15) is 0 Å². The highest BCUT2D eigenvalue weighted by molar-refractivity contribution is 14.1. The first-order chi connectivity index (χ1) is 12.3. The summed E-state index contributed by atoms with van der Waals surface area (Å²) in [5.74, 6) is 0.594. The van der Waals surface area contributed by atoms with Gasteiger partial charge < -0.3 is 19.9 Å². The van der Waals surface area contributed by atoms with Crippen LogP contribution < -0.4 is 14.8 Å². The molecule has 2 rings (SSSR count). The van der Waals surface area contributed by atoms with E-state index in [1.165, 1.54) is 11.6 Å². The van der Waals surface area contributed by atoms with E-state index < -0.39 is 11.9 Å². The fourth-order valence-electron chi connectivity index (χ4n) is 2.57. The number of hydrogen-bond donors (Lipinski definition) is 2. The Balaban J connectivity index is 1.82. The molecule has 26 heavy (non-hydrogen) atoms. The van der Waals surface area contributed by atoms with Crippen molar-refractivity contribution in [2.75, 3.05) is 20.3 Å². The van der Waals surface area contributed by atoms with Crippen LogP contribution in [0.5, 0.6) is 11.5 Å². The molecule has 2 N–H and O–H groups in total. The van der Waals surface area contributed by atoms with Crippen molar-refractivity contribution in [1.29, 1.82) is 0 Å². The predicted molar refractivity (Wildman–Crippen MR) is 109 cm³/mol. The lowest BCUT2D eigenvalue weighted by Gasteiger charge is -2.28. The van der Waals surface area contributed by atoms with Crippen LogP contribution >= 0.6 is 22.6 Å². The number of hydrogen-bond acceptors (Lipinski definition) is 4. The van der Waals surface area contributed by atoms with Gasteiger partial charge in [0.25, 0.3) is 0 Å². The number of halogens is 2. The quantitative estimate of drug-likeness (QED) is 0.545. The highest BCUT2D eigenvalue weighted by Crippen LogP contribution is 2.24. The molecule has 0 aromatic heterocycles. The zero-order valence-corrected chi connectivity index (χ0v) is 17.4. The van der Waals surface area contributed by atoms with Crippen LogP contribution in [0.4, 0.5) is 4.39 Å². The summed E-state index contributed by atoms with van der Waals surface area (Å²) in [5.41, 5.74) is 0.970. The van der Waals surface area contributed by atoms with Gasteiger partial charge in [0.2, 0.25) is 0 Å². The molecule has 0 aliphatic rings. The lowest BCUT2D eigenvalue weighted by atomic mass is 9.94. The van der Waals surface area contributed by atoms with Crippen molar-refractivity contribution in [3.8, 4) is 11.5 Å². The van der Waals surface area contributed by atoms with Crippen LogP contribution in [0.3, 0.4) is 0 Å². The second-order valence-corrected chi connectivity index (χ2v) is 7.97. The Morgan fingerprint density at radius 2 is 1.88 bits per heavy atom. The molecule has 1 atom stereocenters. The van der Waals surface area contributed by atoms with E-state index in [1.54, 1.807) is 19.2 Å². The van der Waals surface area contributed by atoms with Crippen molar-refractivity contribution >= 4 is 22.6 Å². The van der Waals surface area contributed by atoms with Crippen LogP contribution in [-0.4, -0.2) is 37.0 Å². The first kappa shape index (κ1) is 20.9. The predicted octanol–water partition coefficient (Wildman–Crippen LogP) is 3.79. The molecule has 0 bridgehead atoms. The number of ether oxygens (including phenoxy) is 2. The summed E-state index contributed by atoms with van der Waals surface area (Å²) in [5, 5.41) is 13.5. The summed E-state index contributed by atoms with van der Waals surface area (Å²) >= 11 is 2.01. The Kier molecular flexibility index (Phi) is 7.67. The number of aliphatic hydroxyl groups excluding tert-OH is 1. The van der Waals surface area contributed by atoms with E-state index in [2.05, 4.69) is 19.2 Å². The number of aliphatic hydroxyl groups is 1. The summed E-state index contributed by atoms with van der Waals surface area (Å²) < 4.78 is 25.0. The SMILES string of the molecule is COc1ccc(CC(C)(C)NCC(O)COc2c(F)cccc2I)cc1. The molecular weight excluding hydrogens is 448 g/mol. The maximum Gasteiger partial charge on any atom is 0.168 e. The van der Waals surface area contributed by atoms with Crippen molar-refractivity contribution in [3.63, 3.8) is 0 Å². The maximum atomic E-state index is 13.7. The van der Waals surface area contributed by atoms with E-state index in [0.717, 1.165) is 12.2 Å². The molecule has 0 saturated carbocycles. The van der Waals surface area contributed by atoms with Crippen LogP contribution in [0.1, 0.15) is 19.4 Å². The van der Waals surface area contributed by atoms with Gasteiger partial charge in [0.1, 0.15) is 18.5 Å². The van der Waals surface area contributed by atoms with Crippen molar-refractivity contribution in [2.24, 2.45) is 0 Å². The molecule has 1 unspecified atom stereocenters. The molecule has 0 fully saturated rings. The number of rotatable bonds is 9. The Labute approximate surface area is 167 Å². The fourth-order valence-corrected chi connectivity index (χ4v) is 3.19. The maximum absolute atomic E-state index is 13.7. The number of β-amino-alcohol motifs (C(OH)–C–C–N with tert-alkyl or cyclic N) is 1. The largest absolute Gasteiger partial charge is 0.497 e. The Morgan fingerprint density at radius 3 is 2.50 bits per heavy atom. The Hall–Kier alpha value is -1.38. The summed E-state index contributed by atoms with van der Waals surface area (Å²) in [6.45, 7) is 4.53. The van der Waals surface area contributed by atoms with Gasteiger partial charge in [0, 0.05) is 12.1 Å². The molecule has 0 aliphatic carbocycles. The molecule has 2 aromatic rings. The van der Waals surface area contributed by atoms with Crippen molar-refractivity contribution in [3.05, 3.63) is 57.4 Å². The number of nitrogens with one attached hydrogen (secondary N) is 1. The van der Waals surface area contributed by atoms with Gasteiger partial charge in [-0.15, -0.1) is 0 Å². The van der Waals surface area contributed by atoms with Crippen LogP contribution in [0.25, 0.3) is 0 Å². The van der Waals surface area contributed by atoms with Gasteiger partial charge in [-0.1, -0.05) is 18.2 Å². The average molecular weight is 473 g/mol. The first-order valence-electron chi connectivity index (χ1n) is 8.43. The summed E-state index contributed by atoms with van der Waals surface area (Å²) in [6.07, 6.45) is 0.0658. The molecule has 0 radical (unpaired) electrons. The molecule has 0 spiro atoms. The minimum atomic E-state index is -0.736. The monoisotopic (exact) mass is 473 g/mol. The van der Waals surface area contributed by atoms with Gasteiger partial charge >= 0.3 is 0 Å². The first-order valence-corrected chi connectivity index (χ1v) is 9.51. The molecule has 0 amide bonds. The Bertz CT molecular complexity index is 686. The number of para-hydroxylation sites is 1. The molecule has 4 nitrogen and oxygen atoms in total. The zero-order valence-electron chi connectivity index (χ0n) is 15.3. The number of methoxy groups -OCH3 is 1. The Morgan fingerprint density at radius 1 is 1.19 bits per heavy atom. The van der Waals surface area contributed by atoms with E-state index in [0.29, 0.717) is 10.1 Å². The van der Waals surface area contributed by atoms with Crippen LogP contribution in [0, 0.1) is 9.39 Å². The van der Waals surface area contributed by atoms with E-state index in [4.69, 9.17) is 9.47 Å². The van der Waals surface area contributed by atoms with E-state index in [-0.39, 0.29) is 17.9 Å². The van der Waals surface area contributed by atoms with Crippen LogP contribution in [0.15, 0.2) is 42.5 Å². The minimum Gasteiger partial charge on any atom is -0.497 e. The van der Waals surface area contributed by atoms with E-state index in [9.17, 15) is 9.50 Å². The third kappa shape index (κ3) is 6.41. The summed E-state index contributed by atoms with van der Waals surface area (Å²) in [7, 11) is 1.65. The smallest absolute Gasteiger partial charge is 0.168 e. The minimum absolute atomic E-state index is 0.0303. The highest BCUT2D eigenvalue weighted by Gasteiger charge is 2.20. The second-order valence-electron chi connectivity index (χ2n) is 6.81. The van der Waals surface area contributed by atoms with Gasteiger partial charge in [-0.3, -0.25) is 0 Å². The number of benzene rings is 2. The molecule has 6 heteroatoms. The third-order valence-electron chi connectivity index (χ3n) is 3.96. The van der Waals surface area contributed by atoms with E-state index in [1.807, 2.05) is 46.9 Å². The highest BCUT2D eigenvalue weighted by atomic mass is 127.